The molecule has 2 N–H and O–H groups in total. The van der Waals surface area contributed by atoms with Crippen molar-refractivity contribution in [3.63, 3.8) is 0 Å². The third-order valence-corrected chi connectivity index (χ3v) is 7.09. The average molecular weight is 324 g/mol. The van der Waals surface area contributed by atoms with E-state index in [0.717, 1.165) is 41.5 Å². The molecule has 1 heterocycles. The summed E-state index contributed by atoms with van der Waals surface area (Å²) in [4.78, 5) is 0.512. The molecule has 1 aromatic carbocycles. The van der Waals surface area contributed by atoms with E-state index in [2.05, 4.69) is 6.07 Å². The normalized spacial score (nSPS) is 20.3. The van der Waals surface area contributed by atoms with Crippen LogP contribution in [0.5, 0.6) is 0 Å². The van der Waals surface area contributed by atoms with Crippen molar-refractivity contribution < 1.29 is 8.42 Å². The van der Waals surface area contributed by atoms with Crippen molar-refractivity contribution >= 4 is 10.0 Å². The maximum atomic E-state index is 13.2. The first-order valence-corrected chi connectivity index (χ1v) is 9.50. The van der Waals surface area contributed by atoms with Crippen LogP contribution in [-0.4, -0.2) is 32.4 Å². The second-order valence-corrected chi connectivity index (χ2v) is 8.41. The molecule has 0 aliphatic carbocycles. The molecule has 0 saturated carbocycles. The van der Waals surface area contributed by atoms with Gasteiger partial charge in [0.15, 0.2) is 0 Å². The summed E-state index contributed by atoms with van der Waals surface area (Å²) in [5.74, 6) is 0.389. The molecule has 4 nitrogen and oxygen atoms in total. The number of hydrogen-bond donors (Lipinski definition) is 1. The summed E-state index contributed by atoms with van der Waals surface area (Å²) in [5.41, 5.74) is 9.48. The lowest BCUT2D eigenvalue weighted by molar-refractivity contribution is 0.258. The molecule has 1 fully saturated rings. The molecule has 0 aromatic heterocycles. The van der Waals surface area contributed by atoms with Crippen molar-refractivity contribution in [1.82, 2.24) is 4.31 Å². The fourth-order valence-corrected chi connectivity index (χ4v) is 5.54. The fraction of sp³-hybridized carbons (Fsp3) is 0.647. The number of sulfonamides is 1. The van der Waals surface area contributed by atoms with E-state index in [-0.39, 0.29) is 0 Å². The van der Waals surface area contributed by atoms with Crippen LogP contribution >= 0.6 is 0 Å². The van der Waals surface area contributed by atoms with E-state index in [1.54, 1.807) is 4.31 Å². The van der Waals surface area contributed by atoms with Gasteiger partial charge in [0.1, 0.15) is 0 Å². The molecule has 1 aliphatic heterocycles. The second kappa shape index (κ2) is 6.69. The minimum Gasteiger partial charge on any atom is -0.330 e. The van der Waals surface area contributed by atoms with Gasteiger partial charge in [-0.15, -0.1) is 0 Å². The zero-order valence-corrected chi connectivity index (χ0v) is 15.0. The minimum absolute atomic E-state index is 0.389. The molecule has 22 heavy (non-hydrogen) atoms. The summed E-state index contributed by atoms with van der Waals surface area (Å²) in [6.07, 6.45) is 2.90. The Morgan fingerprint density at radius 3 is 2.32 bits per heavy atom. The van der Waals surface area contributed by atoms with E-state index < -0.39 is 10.0 Å². The van der Waals surface area contributed by atoms with E-state index in [9.17, 15) is 8.42 Å². The molecule has 124 valence electrons. The largest absolute Gasteiger partial charge is 0.330 e. The van der Waals surface area contributed by atoms with Crippen molar-refractivity contribution in [2.45, 2.75) is 51.9 Å². The van der Waals surface area contributed by atoms with Crippen LogP contribution in [0.4, 0.5) is 0 Å². The Kier molecular flexibility index (Phi) is 5.30. The SMILES string of the molecule is Cc1cc(C)c(C)c(S(=O)(=O)N2CCCC(CCN)C2)c1C. The van der Waals surface area contributed by atoms with E-state index in [1.165, 1.54) is 0 Å². The summed E-state index contributed by atoms with van der Waals surface area (Å²) < 4.78 is 28.0. The predicted molar refractivity (Wildman–Crippen MR) is 90.5 cm³/mol. The lowest BCUT2D eigenvalue weighted by atomic mass is 9.96. The van der Waals surface area contributed by atoms with Gasteiger partial charge in [-0.05, 0) is 81.7 Å². The smallest absolute Gasteiger partial charge is 0.243 e. The van der Waals surface area contributed by atoms with Gasteiger partial charge < -0.3 is 5.73 Å². The van der Waals surface area contributed by atoms with Crippen molar-refractivity contribution in [3.05, 3.63) is 28.3 Å². The van der Waals surface area contributed by atoms with Crippen molar-refractivity contribution in [2.24, 2.45) is 11.7 Å². The second-order valence-electron chi connectivity index (χ2n) is 6.54. The molecule has 0 amide bonds. The molecule has 1 saturated heterocycles. The first kappa shape index (κ1) is 17.4. The zero-order chi connectivity index (χ0) is 16.5. The van der Waals surface area contributed by atoms with E-state index >= 15 is 0 Å². The summed E-state index contributed by atoms with van der Waals surface area (Å²) in [5, 5.41) is 0. The molecule has 1 aliphatic rings. The van der Waals surface area contributed by atoms with Crippen molar-refractivity contribution in [1.29, 1.82) is 0 Å². The molecular formula is C17H28N2O2S. The predicted octanol–water partition coefficient (Wildman–Crippen LogP) is 2.67. The van der Waals surface area contributed by atoms with Crippen LogP contribution in [0.25, 0.3) is 0 Å². The molecule has 1 aromatic rings. The summed E-state index contributed by atoms with van der Waals surface area (Å²) in [6.45, 7) is 9.63. The Bertz CT molecular complexity index is 625. The van der Waals surface area contributed by atoms with Crippen molar-refractivity contribution in [3.8, 4) is 0 Å². The number of piperidine rings is 1. The zero-order valence-electron chi connectivity index (χ0n) is 14.1. The van der Waals surface area contributed by atoms with Crippen LogP contribution in [0, 0.1) is 33.6 Å². The number of nitrogens with two attached hydrogens (primary N) is 1. The number of hydrogen-bond acceptors (Lipinski definition) is 3. The van der Waals surface area contributed by atoms with Gasteiger partial charge in [0.05, 0.1) is 4.90 Å². The lowest BCUT2D eigenvalue weighted by Crippen LogP contribution is -2.41. The third kappa shape index (κ3) is 3.21. The van der Waals surface area contributed by atoms with Gasteiger partial charge in [0, 0.05) is 13.1 Å². The molecular weight excluding hydrogens is 296 g/mol. The van der Waals surface area contributed by atoms with Gasteiger partial charge in [-0.25, -0.2) is 8.42 Å². The van der Waals surface area contributed by atoms with Gasteiger partial charge in [-0.2, -0.15) is 4.31 Å². The lowest BCUT2D eigenvalue weighted by Gasteiger charge is -2.33. The summed E-state index contributed by atoms with van der Waals surface area (Å²) in [6, 6.07) is 2.07. The van der Waals surface area contributed by atoms with Crippen LogP contribution in [0.3, 0.4) is 0 Å². The maximum absolute atomic E-state index is 13.2. The van der Waals surface area contributed by atoms with E-state index in [0.29, 0.717) is 30.4 Å². The number of rotatable bonds is 4. The van der Waals surface area contributed by atoms with Crippen LogP contribution in [-0.2, 0) is 10.0 Å². The van der Waals surface area contributed by atoms with Gasteiger partial charge in [-0.1, -0.05) is 6.07 Å². The van der Waals surface area contributed by atoms with Gasteiger partial charge in [0.25, 0.3) is 0 Å². The molecule has 0 radical (unpaired) electrons. The first-order valence-electron chi connectivity index (χ1n) is 8.06. The topological polar surface area (TPSA) is 63.4 Å². The highest BCUT2D eigenvalue weighted by Gasteiger charge is 2.32. The van der Waals surface area contributed by atoms with E-state index in [1.807, 2.05) is 27.7 Å². The number of nitrogens with zero attached hydrogens (tertiary/aromatic N) is 1. The minimum atomic E-state index is -3.43. The third-order valence-electron chi connectivity index (χ3n) is 4.95. The standard InChI is InChI=1S/C17H28N2O2S/c1-12-10-13(2)15(4)17(14(12)3)22(20,21)19-9-5-6-16(11-19)7-8-18/h10,16H,5-9,11,18H2,1-4H3. The van der Waals surface area contributed by atoms with Gasteiger partial charge in [0.2, 0.25) is 10.0 Å². The Morgan fingerprint density at radius 1 is 1.18 bits per heavy atom. The average Bonchev–Trinajstić information content (AvgIpc) is 2.46. The van der Waals surface area contributed by atoms with Gasteiger partial charge in [-0.3, -0.25) is 0 Å². The molecule has 1 atom stereocenters. The highest BCUT2D eigenvalue weighted by molar-refractivity contribution is 7.89. The Balaban J connectivity index is 2.43. The van der Waals surface area contributed by atoms with Crippen LogP contribution in [0.2, 0.25) is 0 Å². The van der Waals surface area contributed by atoms with Crippen molar-refractivity contribution in [2.75, 3.05) is 19.6 Å². The summed E-state index contributed by atoms with van der Waals surface area (Å²) >= 11 is 0. The fourth-order valence-electron chi connectivity index (χ4n) is 3.41. The Morgan fingerprint density at radius 2 is 1.77 bits per heavy atom. The van der Waals surface area contributed by atoms with Crippen LogP contribution in [0.15, 0.2) is 11.0 Å². The monoisotopic (exact) mass is 324 g/mol. The highest BCUT2D eigenvalue weighted by Crippen LogP contribution is 2.31. The van der Waals surface area contributed by atoms with E-state index in [4.69, 9.17) is 5.73 Å². The maximum Gasteiger partial charge on any atom is 0.243 e. The summed E-state index contributed by atoms with van der Waals surface area (Å²) in [7, 11) is -3.43. The van der Waals surface area contributed by atoms with Crippen LogP contribution < -0.4 is 5.73 Å². The Labute approximate surface area is 134 Å². The molecule has 2 rings (SSSR count). The first-order chi connectivity index (χ1) is 10.3. The highest BCUT2D eigenvalue weighted by atomic mass is 32.2. The van der Waals surface area contributed by atoms with Crippen LogP contribution in [0.1, 0.15) is 41.5 Å². The Hall–Kier alpha value is -0.910. The molecule has 0 spiro atoms. The molecule has 0 bridgehead atoms. The molecule has 1 unspecified atom stereocenters. The molecule has 5 heteroatoms. The number of benzene rings is 1. The van der Waals surface area contributed by atoms with Gasteiger partial charge >= 0.3 is 0 Å². The quantitative estimate of drug-likeness (QED) is 0.926. The number of aryl methyl sites for hydroxylation is 2.